The van der Waals surface area contributed by atoms with Crippen molar-refractivity contribution in [1.82, 2.24) is 19.8 Å². The molecule has 1 atom stereocenters. The minimum atomic E-state index is -0.255. The summed E-state index contributed by atoms with van der Waals surface area (Å²) in [6.07, 6.45) is 6.11. The first-order chi connectivity index (χ1) is 15.6. The average Bonchev–Trinajstić information content (AvgIpc) is 3.45. The number of carbonyl (C=O) groups is 1. The Morgan fingerprint density at radius 3 is 2.56 bits per heavy atom. The maximum absolute atomic E-state index is 12.6. The molecule has 5 rings (SSSR count). The number of hydrogen-bond acceptors (Lipinski definition) is 4. The van der Waals surface area contributed by atoms with Crippen molar-refractivity contribution >= 4 is 27.5 Å². The summed E-state index contributed by atoms with van der Waals surface area (Å²) in [5.41, 5.74) is 5.46. The molecule has 158 valence electrons. The van der Waals surface area contributed by atoms with Gasteiger partial charge in [0.05, 0.1) is 23.1 Å². The van der Waals surface area contributed by atoms with Crippen molar-refractivity contribution in [1.29, 1.82) is 0 Å². The maximum atomic E-state index is 12.6. The summed E-state index contributed by atoms with van der Waals surface area (Å²) >= 11 is 3.57. The van der Waals surface area contributed by atoms with Crippen molar-refractivity contribution < 1.29 is 4.79 Å². The Morgan fingerprint density at radius 1 is 1.03 bits per heavy atom. The molecule has 0 fully saturated rings. The number of hydrazone groups is 1. The molecule has 0 aliphatic carbocycles. The predicted molar refractivity (Wildman–Crippen MR) is 127 cm³/mol. The van der Waals surface area contributed by atoms with E-state index in [9.17, 15) is 4.79 Å². The minimum Gasteiger partial charge on any atom is -0.273 e. The third-order valence-corrected chi connectivity index (χ3v) is 5.94. The van der Waals surface area contributed by atoms with Gasteiger partial charge in [0.2, 0.25) is 5.91 Å². The van der Waals surface area contributed by atoms with Gasteiger partial charge in [-0.05, 0) is 30.3 Å². The van der Waals surface area contributed by atoms with Crippen LogP contribution in [-0.4, -0.2) is 31.4 Å². The zero-order valence-electron chi connectivity index (χ0n) is 17.4. The maximum Gasteiger partial charge on any atom is 0.240 e. The Morgan fingerprint density at radius 2 is 1.84 bits per heavy atom. The van der Waals surface area contributed by atoms with Crippen LogP contribution in [0.4, 0.5) is 0 Å². The number of amides is 1. The molecule has 4 aromatic rings. The van der Waals surface area contributed by atoms with Crippen LogP contribution < -0.4 is 0 Å². The lowest BCUT2D eigenvalue weighted by Gasteiger charge is -2.20. The van der Waals surface area contributed by atoms with Gasteiger partial charge in [-0.3, -0.25) is 9.78 Å². The van der Waals surface area contributed by atoms with Crippen molar-refractivity contribution in [3.05, 3.63) is 101 Å². The van der Waals surface area contributed by atoms with Gasteiger partial charge in [0, 0.05) is 53.1 Å². The fourth-order valence-corrected chi connectivity index (χ4v) is 4.35. The number of hydrogen-bond donors (Lipinski definition) is 0. The highest BCUT2D eigenvalue weighted by Gasteiger charge is 2.34. The monoisotopic (exact) mass is 485 g/mol. The van der Waals surface area contributed by atoms with Crippen molar-refractivity contribution in [2.75, 3.05) is 0 Å². The van der Waals surface area contributed by atoms with Gasteiger partial charge in [0.1, 0.15) is 0 Å². The normalized spacial score (nSPS) is 15.6. The summed E-state index contributed by atoms with van der Waals surface area (Å²) in [6.45, 7) is 1.54. The molecule has 2 aromatic carbocycles. The zero-order valence-corrected chi connectivity index (χ0v) is 19.0. The van der Waals surface area contributed by atoms with E-state index in [0.717, 1.165) is 38.3 Å². The SMILES string of the molecule is CC(=O)N1N=C(c2cccnc2)CC1c1cn(-c2ccccc2)nc1-c1cccc(Br)c1. The summed E-state index contributed by atoms with van der Waals surface area (Å²) in [5.74, 6) is -0.110. The summed E-state index contributed by atoms with van der Waals surface area (Å²) < 4.78 is 2.84. The van der Waals surface area contributed by atoms with Gasteiger partial charge in [0.25, 0.3) is 0 Å². The molecule has 32 heavy (non-hydrogen) atoms. The van der Waals surface area contributed by atoms with Gasteiger partial charge >= 0.3 is 0 Å². The third kappa shape index (κ3) is 3.87. The van der Waals surface area contributed by atoms with Gasteiger partial charge in [-0.25, -0.2) is 9.69 Å². The quantitative estimate of drug-likeness (QED) is 0.389. The number of aromatic nitrogens is 3. The molecule has 0 saturated carbocycles. The summed E-state index contributed by atoms with van der Waals surface area (Å²) in [5, 5.41) is 11.2. The van der Waals surface area contributed by atoms with E-state index in [1.165, 1.54) is 0 Å². The lowest BCUT2D eigenvalue weighted by atomic mass is 9.97. The molecule has 1 aliphatic rings. The van der Waals surface area contributed by atoms with Gasteiger partial charge in [-0.15, -0.1) is 0 Å². The van der Waals surface area contributed by atoms with Crippen molar-refractivity contribution in [3.8, 4) is 16.9 Å². The molecule has 1 unspecified atom stereocenters. The summed E-state index contributed by atoms with van der Waals surface area (Å²) in [6, 6.07) is 21.6. The lowest BCUT2D eigenvalue weighted by Crippen LogP contribution is -2.24. The minimum absolute atomic E-state index is 0.110. The number of carbonyl (C=O) groups excluding carboxylic acids is 1. The fourth-order valence-electron chi connectivity index (χ4n) is 3.96. The molecule has 1 amide bonds. The fraction of sp³-hybridized carbons (Fsp3) is 0.120. The molecule has 0 bridgehead atoms. The van der Waals surface area contributed by atoms with E-state index in [0.29, 0.717) is 6.42 Å². The summed E-state index contributed by atoms with van der Waals surface area (Å²) in [4.78, 5) is 16.8. The summed E-state index contributed by atoms with van der Waals surface area (Å²) in [7, 11) is 0. The number of para-hydroxylation sites is 1. The van der Waals surface area contributed by atoms with Gasteiger partial charge in [0.15, 0.2) is 0 Å². The second kappa shape index (κ2) is 8.51. The molecule has 0 saturated heterocycles. The topological polar surface area (TPSA) is 63.4 Å². The standard InChI is InChI=1S/C25H20BrN5O/c1-17(32)31-24(14-23(28-31)19-8-6-12-27-15-19)22-16-30(21-10-3-2-4-11-21)29-25(22)18-7-5-9-20(26)13-18/h2-13,15-16,24H,14H2,1H3. The van der Waals surface area contributed by atoms with E-state index < -0.39 is 0 Å². The second-order valence-corrected chi connectivity index (χ2v) is 8.51. The van der Waals surface area contributed by atoms with Crippen LogP contribution in [0.3, 0.4) is 0 Å². The molecule has 0 spiro atoms. The smallest absolute Gasteiger partial charge is 0.240 e. The van der Waals surface area contributed by atoms with Crippen LogP contribution in [-0.2, 0) is 4.79 Å². The molecule has 7 heteroatoms. The third-order valence-electron chi connectivity index (χ3n) is 5.45. The molecule has 6 nitrogen and oxygen atoms in total. The lowest BCUT2D eigenvalue weighted by molar-refractivity contribution is -0.130. The number of pyridine rings is 1. The molecule has 0 N–H and O–H groups in total. The van der Waals surface area contributed by atoms with Gasteiger partial charge in [-0.2, -0.15) is 10.2 Å². The van der Waals surface area contributed by atoms with E-state index >= 15 is 0 Å². The predicted octanol–water partition coefficient (Wildman–Crippen LogP) is 5.39. The van der Waals surface area contributed by atoms with Crippen LogP contribution in [0.15, 0.2) is 94.9 Å². The van der Waals surface area contributed by atoms with Crippen LogP contribution >= 0.6 is 15.9 Å². The Labute approximate surface area is 194 Å². The molecule has 2 aromatic heterocycles. The van der Waals surface area contributed by atoms with Gasteiger partial charge in [-0.1, -0.05) is 52.3 Å². The first-order valence-electron chi connectivity index (χ1n) is 10.3. The number of rotatable bonds is 4. The molecule has 0 radical (unpaired) electrons. The van der Waals surface area contributed by atoms with Crippen LogP contribution in [0.5, 0.6) is 0 Å². The molecular weight excluding hydrogens is 466 g/mol. The Bertz CT molecular complexity index is 1300. The largest absolute Gasteiger partial charge is 0.273 e. The second-order valence-electron chi connectivity index (χ2n) is 7.60. The van der Waals surface area contributed by atoms with Crippen LogP contribution in [0.2, 0.25) is 0 Å². The van der Waals surface area contributed by atoms with Crippen molar-refractivity contribution in [2.24, 2.45) is 5.10 Å². The zero-order chi connectivity index (χ0) is 22.1. The Hall–Kier alpha value is -3.58. The number of nitrogens with zero attached hydrogens (tertiary/aromatic N) is 5. The Kier molecular flexibility index (Phi) is 5.41. The van der Waals surface area contributed by atoms with Crippen molar-refractivity contribution in [3.63, 3.8) is 0 Å². The van der Waals surface area contributed by atoms with Gasteiger partial charge < -0.3 is 0 Å². The first-order valence-corrected chi connectivity index (χ1v) is 11.1. The van der Waals surface area contributed by atoms with E-state index in [2.05, 4.69) is 26.0 Å². The van der Waals surface area contributed by atoms with E-state index in [1.54, 1.807) is 24.3 Å². The molecular formula is C25H20BrN5O. The van der Waals surface area contributed by atoms with E-state index in [-0.39, 0.29) is 11.9 Å². The van der Waals surface area contributed by atoms with Crippen molar-refractivity contribution in [2.45, 2.75) is 19.4 Å². The highest BCUT2D eigenvalue weighted by Crippen LogP contribution is 2.38. The van der Waals surface area contributed by atoms with E-state index in [1.807, 2.05) is 77.6 Å². The molecule has 3 heterocycles. The number of benzene rings is 2. The molecule has 1 aliphatic heterocycles. The first kappa shape index (κ1) is 20.3. The van der Waals surface area contributed by atoms with Crippen LogP contribution in [0.25, 0.3) is 16.9 Å². The van der Waals surface area contributed by atoms with Crippen LogP contribution in [0, 0.1) is 0 Å². The highest BCUT2D eigenvalue weighted by atomic mass is 79.9. The Balaban J connectivity index is 1.63. The average molecular weight is 486 g/mol. The van der Waals surface area contributed by atoms with E-state index in [4.69, 9.17) is 5.10 Å². The number of halogens is 1. The highest BCUT2D eigenvalue weighted by molar-refractivity contribution is 9.10. The van der Waals surface area contributed by atoms with Crippen LogP contribution in [0.1, 0.15) is 30.5 Å².